The molecule has 0 radical (unpaired) electrons. The van der Waals surface area contributed by atoms with Crippen molar-refractivity contribution in [1.82, 2.24) is 9.21 Å². The number of hydrogen-bond acceptors (Lipinski definition) is 4. The summed E-state index contributed by atoms with van der Waals surface area (Å²) in [5, 5.41) is 9.32. The lowest BCUT2D eigenvalue weighted by molar-refractivity contribution is 0.109. The standard InChI is InChI=1S/C16H24N2O6S/c1-11(2)12-4-6-13(7-5-12)24-10-15-14(17(3)25(21,22)23)8-9-18(15)16(19)20/h4-7,11,14-15H,8-10H2,1-3H3,(H,19,20)(H,21,22,23)/t14-,15-/m0/s1. The monoisotopic (exact) mass is 372 g/mol. The van der Waals surface area contributed by atoms with E-state index in [9.17, 15) is 22.9 Å². The van der Waals surface area contributed by atoms with E-state index < -0.39 is 28.5 Å². The highest BCUT2D eigenvalue weighted by Crippen LogP contribution is 2.26. The maximum atomic E-state index is 11.4. The molecule has 1 heterocycles. The number of amides is 1. The molecule has 0 aromatic heterocycles. The van der Waals surface area contributed by atoms with E-state index in [0.717, 1.165) is 14.8 Å². The van der Waals surface area contributed by atoms with Gasteiger partial charge in [-0.3, -0.25) is 4.55 Å². The van der Waals surface area contributed by atoms with Crippen molar-refractivity contribution in [3.63, 3.8) is 0 Å². The summed E-state index contributed by atoms with van der Waals surface area (Å²) in [4.78, 5) is 12.5. The molecule has 1 aliphatic heterocycles. The number of ether oxygens (including phenoxy) is 1. The number of carbonyl (C=O) groups is 1. The topological polar surface area (TPSA) is 107 Å². The molecule has 1 aliphatic rings. The summed E-state index contributed by atoms with van der Waals surface area (Å²) in [5.74, 6) is 0.967. The van der Waals surface area contributed by atoms with Gasteiger partial charge in [0.1, 0.15) is 12.4 Å². The van der Waals surface area contributed by atoms with E-state index in [2.05, 4.69) is 13.8 Å². The maximum absolute atomic E-state index is 11.4. The quantitative estimate of drug-likeness (QED) is 0.740. The lowest BCUT2D eigenvalue weighted by Crippen LogP contribution is -2.49. The summed E-state index contributed by atoms with van der Waals surface area (Å²) in [7, 11) is -3.18. The maximum Gasteiger partial charge on any atom is 0.407 e. The SMILES string of the molecule is CC(C)c1ccc(OC[C@H]2[C@@H](N(C)S(=O)(=O)O)CCN2C(=O)O)cc1. The Morgan fingerprint density at radius 2 is 1.96 bits per heavy atom. The zero-order chi connectivity index (χ0) is 18.8. The van der Waals surface area contributed by atoms with Crippen LogP contribution in [0, 0.1) is 0 Å². The summed E-state index contributed by atoms with van der Waals surface area (Å²) in [6.45, 7) is 4.34. The predicted octanol–water partition coefficient (Wildman–Crippen LogP) is 2.04. The van der Waals surface area contributed by atoms with Crippen molar-refractivity contribution in [2.24, 2.45) is 0 Å². The van der Waals surface area contributed by atoms with Crippen LogP contribution in [-0.4, -0.2) is 65.7 Å². The molecule has 2 N–H and O–H groups in total. The molecule has 0 bridgehead atoms. The van der Waals surface area contributed by atoms with Crippen molar-refractivity contribution in [2.45, 2.75) is 38.3 Å². The Hall–Kier alpha value is -1.84. The summed E-state index contributed by atoms with van der Waals surface area (Å²) < 4.78 is 38.5. The van der Waals surface area contributed by atoms with Gasteiger partial charge in [-0.25, -0.2) is 4.79 Å². The molecule has 0 saturated carbocycles. The molecular weight excluding hydrogens is 348 g/mol. The molecule has 2 atom stereocenters. The molecule has 140 valence electrons. The van der Waals surface area contributed by atoms with Gasteiger partial charge >= 0.3 is 16.4 Å². The highest BCUT2D eigenvalue weighted by molar-refractivity contribution is 7.83. The van der Waals surface area contributed by atoms with Gasteiger partial charge < -0.3 is 14.7 Å². The van der Waals surface area contributed by atoms with Crippen LogP contribution in [0.4, 0.5) is 4.79 Å². The summed E-state index contributed by atoms with van der Waals surface area (Å²) in [6, 6.07) is 6.10. The van der Waals surface area contributed by atoms with E-state index in [1.54, 1.807) is 12.1 Å². The van der Waals surface area contributed by atoms with E-state index in [1.165, 1.54) is 7.05 Å². The van der Waals surface area contributed by atoms with Gasteiger partial charge in [-0.2, -0.15) is 12.7 Å². The number of benzene rings is 1. The molecule has 0 unspecified atom stereocenters. The largest absolute Gasteiger partial charge is 0.491 e. The van der Waals surface area contributed by atoms with E-state index in [1.807, 2.05) is 12.1 Å². The summed E-state index contributed by atoms with van der Waals surface area (Å²) in [5.41, 5.74) is 1.16. The molecule has 0 spiro atoms. The fourth-order valence-corrected chi connectivity index (χ4v) is 3.59. The van der Waals surface area contributed by atoms with Crippen molar-refractivity contribution >= 4 is 16.4 Å². The highest BCUT2D eigenvalue weighted by Gasteiger charge is 2.42. The average molecular weight is 372 g/mol. The van der Waals surface area contributed by atoms with Crippen LogP contribution in [0.15, 0.2) is 24.3 Å². The molecular formula is C16H24N2O6S. The zero-order valence-corrected chi connectivity index (χ0v) is 15.3. The Morgan fingerprint density at radius 1 is 1.36 bits per heavy atom. The van der Waals surface area contributed by atoms with Gasteiger partial charge in [-0.15, -0.1) is 0 Å². The Bertz CT molecular complexity index is 704. The van der Waals surface area contributed by atoms with Gasteiger partial charge in [0.05, 0.1) is 12.1 Å². The molecule has 1 aromatic carbocycles. The van der Waals surface area contributed by atoms with Crippen LogP contribution in [0.25, 0.3) is 0 Å². The van der Waals surface area contributed by atoms with Crippen LogP contribution in [0.2, 0.25) is 0 Å². The van der Waals surface area contributed by atoms with Crippen LogP contribution in [0.3, 0.4) is 0 Å². The number of rotatable bonds is 6. The number of hydrogen-bond donors (Lipinski definition) is 2. The van der Waals surface area contributed by atoms with Gasteiger partial charge in [0, 0.05) is 13.6 Å². The minimum atomic E-state index is -4.41. The van der Waals surface area contributed by atoms with E-state index in [4.69, 9.17) is 4.74 Å². The van der Waals surface area contributed by atoms with Crippen LogP contribution < -0.4 is 4.74 Å². The van der Waals surface area contributed by atoms with Crippen LogP contribution >= 0.6 is 0 Å². The van der Waals surface area contributed by atoms with Crippen LogP contribution in [-0.2, 0) is 10.3 Å². The molecule has 1 aromatic rings. The molecule has 1 fully saturated rings. The average Bonchev–Trinajstić information content (AvgIpc) is 2.95. The van der Waals surface area contributed by atoms with E-state index in [-0.39, 0.29) is 13.2 Å². The molecule has 1 saturated heterocycles. The fourth-order valence-electron chi connectivity index (χ4n) is 3.00. The highest BCUT2D eigenvalue weighted by atomic mass is 32.2. The number of carboxylic acid groups (broad SMARTS) is 1. The van der Waals surface area contributed by atoms with Crippen LogP contribution in [0.1, 0.15) is 31.7 Å². The minimum Gasteiger partial charge on any atom is -0.491 e. The lowest BCUT2D eigenvalue weighted by atomic mass is 10.0. The molecule has 2 rings (SSSR count). The second kappa shape index (κ2) is 7.59. The second-order valence-electron chi connectivity index (χ2n) is 6.43. The third-order valence-electron chi connectivity index (χ3n) is 4.55. The van der Waals surface area contributed by atoms with Crippen molar-refractivity contribution in [2.75, 3.05) is 20.2 Å². The first-order valence-electron chi connectivity index (χ1n) is 8.04. The molecule has 8 nitrogen and oxygen atoms in total. The minimum absolute atomic E-state index is 0.00213. The second-order valence-corrected chi connectivity index (χ2v) is 7.90. The fraction of sp³-hybridized carbons (Fsp3) is 0.562. The molecule has 1 amide bonds. The summed E-state index contributed by atoms with van der Waals surface area (Å²) >= 11 is 0. The van der Waals surface area contributed by atoms with Gasteiger partial charge in [-0.05, 0) is 30.0 Å². The third kappa shape index (κ3) is 4.62. The Labute approximate surface area is 147 Å². The normalized spacial score (nSPS) is 21.1. The first-order valence-corrected chi connectivity index (χ1v) is 9.43. The van der Waals surface area contributed by atoms with E-state index in [0.29, 0.717) is 18.1 Å². The number of likely N-dealkylation sites (tertiary alicyclic amines) is 1. The van der Waals surface area contributed by atoms with Gasteiger partial charge in [0.25, 0.3) is 0 Å². The Kier molecular flexibility index (Phi) is 5.91. The molecule has 0 aliphatic carbocycles. The first kappa shape index (κ1) is 19.5. The zero-order valence-electron chi connectivity index (χ0n) is 14.5. The van der Waals surface area contributed by atoms with Gasteiger partial charge in [-0.1, -0.05) is 26.0 Å². The van der Waals surface area contributed by atoms with E-state index >= 15 is 0 Å². The van der Waals surface area contributed by atoms with Gasteiger partial charge in [0.15, 0.2) is 0 Å². The van der Waals surface area contributed by atoms with Crippen molar-refractivity contribution in [3.05, 3.63) is 29.8 Å². The predicted molar refractivity (Wildman–Crippen MR) is 92.3 cm³/mol. The lowest BCUT2D eigenvalue weighted by Gasteiger charge is -2.29. The number of likely N-dealkylation sites (N-methyl/N-ethyl adjacent to an activating group) is 1. The number of nitrogens with zero attached hydrogens (tertiary/aromatic N) is 2. The summed E-state index contributed by atoms with van der Waals surface area (Å²) in [6.07, 6.45) is -0.849. The van der Waals surface area contributed by atoms with Gasteiger partial charge in [0.2, 0.25) is 0 Å². The van der Waals surface area contributed by atoms with Crippen molar-refractivity contribution < 1.29 is 27.6 Å². The smallest absolute Gasteiger partial charge is 0.407 e. The first-order chi connectivity index (χ1) is 11.6. The van der Waals surface area contributed by atoms with Crippen molar-refractivity contribution in [1.29, 1.82) is 0 Å². The third-order valence-corrected chi connectivity index (χ3v) is 5.55. The Morgan fingerprint density at radius 3 is 2.44 bits per heavy atom. The Balaban J connectivity index is 2.12. The molecule has 9 heteroatoms. The van der Waals surface area contributed by atoms with Crippen molar-refractivity contribution in [3.8, 4) is 5.75 Å². The molecule has 25 heavy (non-hydrogen) atoms. The van der Waals surface area contributed by atoms with Crippen LogP contribution in [0.5, 0.6) is 5.75 Å².